The molecule has 0 aromatic carbocycles. The summed E-state index contributed by atoms with van der Waals surface area (Å²) in [4.78, 5) is 24.7. The third-order valence-corrected chi connectivity index (χ3v) is 5.26. The van der Waals surface area contributed by atoms with Crippen molar-refractivity contribution in [1.82, 2.24) is 19.9 Å². The summed E-state index contributed by atoms with van der Waals surface area (Å²) in [6, 6.07) is 10.7. The summed E-state index contributed by atoms with van der Waals surface area (Å²) < 4.78 is 0. The van der Waals surface area contributed by atoms with Gasteiger partial charge in [0.1, 0.15) is 11.6 Å². The van der Waals surface area contributed by atoms with Crippen LogP contribution in [0.2, 0.25) is 0 Å². The first-order valence-corrected chi connectivity index (χ1v) is 10.5. The Bertz CT molecular complexity index is 1030. The van der Waals surface area contributed by atoms with Crippen LogP contribution in [-0.2, 0) is 0 Å². The standard InChI is InChI=1S/C16H15N5.C6H12N2O2/c1-4-15(20-14-6-7-17-10-11(1)14)21-16-9-13(5-8-18-16)19-12-2-3-12;7-5-1-3-8(4-2-5)6(9)10/h1,4-10,12H,2-3H2,(H2,18,19,20,21);5H,1-4,7H2,(H,9,10). The molecule has 2 aliphatic rings. The lowest BCUT2D eigenvalue weighted by Gasteiger charge is -2.27. The lowest BCUT2D eigenvalue weighted by molar-refractivity contribution is 0.132. The predicted octanol–water partition coefficient (Wildman–Crippen LogP) is 3.43. The van der Waals surface area contributed by atoms with Crippen molar-refractivity contribution in [2.45, 2.75) is 37.8 Å². The fourth-order valence-electron chi connectivity index (χ4n) is 3.31. The molecule has 0 bridgehead atoms. The molecule has 3 aromatic rings. The zero-order valence-corrected chi connectivity index (χ0v) is 17.2. The van der Waals surface area contributed by atoms with Gasteiger partial charge in [-0.05, 0) is 49.9 Å². The lowest BCUT2D eigenvalue weighted by atomic mass is 10.1. The van der Waals surface area contributed by atoms with E-state index in [0.29, 0.717) is 19.1 Å². The number of hydrogen-bond acceptors (Lipinski definition) is 7. The van der Waals surface area contributed by atoms with Crippen LogP contribution in [0.3, 0.4) is 0 Å². The molecule has 0 unspecified atom stereocenters. The third kappa shape index (κ3) is 6.02. The van der Waals surface area contributed by atoms with E-state index in [1.165, 1.54) is 17.7 Å². The molecular formula is C22H27N7O2. The number of piperidine rings is 1. The Hall–Kier alpha value is -3.46. The van der Waals surface area contributed by atoms with E-state index in [-0.39, 0.29) is 6.04 Å². The Kier molecular flexibility index (Phi) is 6.42. The first kappa shape index (κ1) is 20.8. The van der Waals surface area contributed by atoms with Gasteiger partial charge in [-0.1, -0.05) is 0 Å². The van der Waals surface area contributed by atoms with Gasteiger partial charge < -0.3 is 26.4 Å². The van der Waals surface area contributed by atoms with Gasteiger partial charge in [-0.2, -0.15) is 0 Å². The number of fused-ring (bicyclic) bond motifs is 1. The summed E-state index contributed by atoms with van der Waals surface area (Å²) in [5.41, 5.74) is 7.59. The fourth-order valence-corrected chi connectivity index (χ4v) is 3.31. The molecule has 9 heteroatoms. The van der Waals surface area contributed by atoms with Crippen LogP contribution < -0.4 is 16.4 Å². The molecule has 1 saturated heterocycles. The van der Waals surface area contributed by atoms with Gasteiger partial charge in [0.2, 0.25) is 0 Å². The maximum atomic E-state index is 10.3. The minimum absolute atomic E-state index is 0.204. The molecule has 2 fully saturated rings. The summed E-state index contributed by atoms with van der Waals surface area (Å²) in [5.74, 6) is 1.58. The predicted molar refractivity (Wildman–Crippen MR) is 121 cm³/mol. The van der Waals surface area contributed by atoms with Crippen molar-refractivity contribution in [3.63, 3.8) is 0 Å². The Morgan fingerprint density at radius 2 is 1.87 bits per heavy atom. The number of anilines is 3. The number of hydrogen-bond donors (Lipinski definition) is 4. The van der Waals surface area contributed by atoms with Crippen LogP contribution in [0.1, 0.15) is 25.7 Å². The quantitative estimate of drug-likeness (QED) is 0.504. The number of carboxylic acid groups (broad SMARTS) is 1. The molecule has 5 N–H and O–H groups in total. The monoisotopic (exact) mass is 421 g/mol. The number of pyridine rings is 3. The highest BCUT2D eigenvalue weighted by Gasteiger charge is 2.21. The molecule has 4 heterocycles. The summed E-state index contributed by atoms with van der Waals surface area (Å²) in [6.45, 7) is 1.19. The van der Waals surface area contributed by atoms with Crippen molar-refractivity contribution in [2.75, 3.05) is 23.7 Å². The van der Waals surface area contributed by atoms with Crippen LogP contribution in [0.5, 0.6) is 0 Å². The molecule has 31 heavy (non-hydrogen) atoms. The van der Waals surface area contributed by atoms with Crippen LogP contribution in [0, 0.1) is 0 Å². The summed E-state index contributed by atoms with van der Waals surface area (Å²) in [6.07, 6.45) is 8.64. The van der Waals surface area contributed by atoms with Gasteiger partial charge in [0.25, 0.3) is 0 Å². The first-order chi connectivity index (χ1) is 15.1. The van der Waals surface area contributed by atoms with Crippen LogP contribution in [0.4, 0.5) is 22.1 Å². The van der Waals surface area contributed by atoms with Gasteiger partial charge >= 0.3 is 6.09 Å². The highest BCUT2D eigenvalue weighted by molar-refractivity contribution is 5.79. The number of aromatic nitrogens is 3. The largest absolute Gasteiger partial charge is 0.465 e. The Morgan fingerprint density at radius 3 is 2.61 bits per heavy atom. The zero-order chi connectivity index (χ0) is 21.6. The molecule has 162 valence electrons. The second kappa shape index (κ2) is 9.57. The molecule has 5 rings (SSSR count). The van der Waals surface area contributed by atoms with Gasteiger partial charge in [-0.15, -0.1) is 0 Å². The maximum Gasteiger partial charge on any atom is 0.407 e. The van der Waals surface area contributed by atoms with Crippen molar-refractivity contribution in [3.05, 3.63) is 48.9 Å². The highest BCUT2D eigenvalue weighted by atomic mass is 16.4. The Labute approximate surface area is 180 Å². The van der Waals surface area contributed by atoms with Crippen LogP contribution in [-0.4, -0.2) is 56.2 Å². The van der Waals surface area contributed by atoms with E-state index in [1.807, 2.05) is 36.5 Å². The number of amides is 1. The van der Waals surface area contributed by atoms with E-state index in [9.17, 15) is 4.79 Å². The normalized spacial score (nSPS) is 16.4. The number of rotatable bonds is 4. The van der Waals surface area contributed by atoms with E-state index in [4.69, 9.17) is 10.8 Å². The zero-order valence-electron chi connectivity index (χ0n) is 17.2. The molecule has 0 atom stereocenters. The second-order valence-corrected chi connectivity index (χ2v) is 7.85. The molecule has 1 aliphatic carbocycles. The second-order valence-electron chi connectivity index (χ2n) is 7.85. The summed E-state index contributed by atoms with van der Waals surface area (Å²) in [5, 5.41) is 16.2. The first-order valence-electron chi connectivity index (χ1n) is 10.5. The molecular weight excluding hydrogens is 394 g/mol. The minimum Gasteiger partial charge on any atom is -0.465 e. The minimum atomic E-state index is -0.827. The average Bonchev–Trinajstić information content (AvgIpc) is 3.59. The van der Waals surface area contributed by atoms with Crippen LogP contribution >= 0.6 is 0 Å². The van der Waals surface area contributed by atoms with E-state index in [0.717, 1.165) is 41.1 Å². The van der Waals surface area contributed by atoms with E-state index >= 15 is 0 Å². The van der Waals surface area contributed by atoms with Crippen molar-refractivity contribution in [1.29, 1.82) is 0 Å². The highest BCUT2D eigenvalue weighted by Crippen LogP contribution is 2.26. The van der Waals surface area contributed by atoms with Crippen molar-refractivity contribution < 1.29 is 9.90 Å². The van der Waals surface area contributed by atoms with E-state index < -0.39 is 6.09 Å². The van der Waals surface area contributed by atoms with Gasteiger partial charge in [-0.3, -0.25) is 4.98 Å². The number of nitrogens with two attached hydrogens (primary N) is 1. The summed E-state index contributed by atoms with van der Waals surface area (Å²) >= 11 is 0. The third-order valence-electron chi connectivity index (χ3n) is 5.26. The van der Waals surface area contributed by atoms with Crippen molar-refractivity contribution in [3.8, 4) is 0 Å². The SMILES string of the molecule is NC1CCN(C(=O)O)CC1.c1cc2nc(Nc3cc(NC4CC4)ccn3)ccc2cn1. The van der Waals surface area contributed by atoms with Gasteiger partial charge in [0, 0.05) is 60.9 Å². The molecule has 1 amide bonds. The van der Waals surface area contributed by atoms with Crippen molar-refractivity contribution >= 4 is 34.3 Å². The molecule has 0 radical (unpaired) electrons. The summed E-state index contributed by atoms with van der Waals surface area (Å²) in [7, 11) is 0. The molecule has 0 spiro atoms. The molecule has 3 aromatic heterocycles. The number of likely N-dealkylation sites (tertiary alicyclic amines) is 1. The topological polar surface area (TPSA) is 129 Å². The van der Waals surface area contributed by atoms with Crippen LogP contribution in [0.15, 0.2) is 48.9 Å². The number of carbonyl (C=O) groups is 1. The smallest absolute Gasteiger partial charge is 0.407 e. The van der Waals surface area contributed by atoms with Gasteiger partial charge in [0.05, 0.1) is 5.52 Å². The lowest BCUT2D eigenvalue weighted by Crippen LogP contribution is -2.42. The number of nitrogens with zero attached hydrogens (tertiary/aromatic N) is 4. The fraction of sp³-hybridized carbons (Fsp3) is 0.364. The molecule has 1 aliphatic heterocycles. The maximum absolute atomic E-state index is 10.3. The molecule has 9 nitrogen and oxygen atoms in total. The Morgan fingerprint density at radius 1 is 1.06 bits per heavy atom. The van der Waals surface area contributed by atoms with Crippen LogP contribution in [0.25, 0.3) is 10.9 Å². The van der Waals surface area contributed by atoms with Gasteiger partial charge in [0.15, 0.2) is 0 Å². The molecule has 1 saturated carbocycles. The van der Waals surface area contributed by atoms with E-state index in [1.54, 1.807) is 12.4 Å². The van der Waals surface area contributed by atoms with Gasteiger partial charge in [-0.25, -0.2) is 14.8 Å². The number of nitrogens with one attached hydrogen (secondary N) is 2. The average molecular weight is 422 g/mol. The Balaban J connectivity index is 0.000000196. The van der Waals surface area contributed by atoms with Crippen molar-refractivity contribution in [2.24, 2.45) is 5.73 Å². The van der Waals surface area contributed by atoms with E-state index in [2.05, 4.69) is 25.6 Å².